The molecule has 2 aromatic rings. The highest BCUT2D eigenvalue weighted by Crippen LogP contribution is 2.17. The van der Waals surface area contributed by atoms with Gasteiger partial charge in [0.25, 0.3) is 0 Å². The molecule has 1 heteroatoms. The van der Waals surface area contributed by atoms with Gasteiger partial charge in [0.1, 0.15) is 0 Å². The van der Waals surface area contributed by atoms with Crippen molar-refractivity contribution in [1.82, 2.24) is 0 Å². The summed E-state index contributed by atoms with van der Waals surface area (Å²) >= 11 is 0. The summed E-state index contributed by atoms with van der Waals surface area (Å²) in [6, 6.07) is 20.9. The third kappa shape index (κ3) is 3.04. The van der Waals surface area contributed by atoms with Gasteiger partial charge in [-0.3, -0.25) is 4.99 Å². The molecule has 2 rings (SSSR count). The van der Waals surface area contributed by atoms with Gasteiger partial charge in [-0.15, -0.1) is 0 Å². The maximum atomic E-state index is 4.73. The van der Waals surface area contributed by atoms with E-state index in [9.17, 15) is 0 Å². The van der Waals surface area contributed by atoms with E-state index in [1.807, 2.05) is 24.3 Å². The smallest absolute Gasteiger partial charge is 0.0724 e. The average molecular weight is 223 g/mol. The minimum atomic E-state index is 0.205. The monoisotopic (exact) mass is 223 g/mol. The fraction of sp³-hybridized carbons (Fsp3) is 0.188. The molecule has 1 nitrogen and oxygen atoms in total. The molecule has 1 atom stereocenters. The van der Waals surface area contributed by atoms with Gasteiger partial charge >= 0.3 is 0 Å². The maximum absolute atomic E-state index is 4.73. The van der Waals surface area contributed by atoms with Gasteiger partial charge in [-0.1, -0.05) is 60.7 Å². The van der Waals surface area contributed by atoms with Gasteiger partial charge in [-0.2, -0.15) is 0 Å². The van der Waals surface area contributed by atoms with Crippen LogP contribution in [-0.2, 0) is 0 Å². The predicted octanol–water partition coefficient (Wildman–Crippen LogP) is 4.26. The number of hydrogen-bond donors (Lipinski definition) is 0. The van der Waals surface area contributed by atoms with Crippen LogP contribution in [0, 0.1) is 0 Å². The van der Waals surface area contributed by atoms with Crippen molar-refractivity contribution in [2.45, 2.75) is 19.9 Å². The molecule has 0 unspecified atom stereocenters. The van der Waals surface area contributed by atoms with Gasteiger partial charge in [0.05, 0.1) is 6.04 Å². The summed E-state index contributed by atoms with van der Waals surface area (Å²) in [6.07, 6.45) is 0. The van der Waals surface area contributed by atoms with E-state index < -0.39 is 0 Å². The number of aliphatic imine (C=N–C) groups is 1. The highest BCUT2D eigenvalue weighted by molar-refractivity contribution is 5.98. The Morgan fingerprint density at radius 2 is 1.41 bits per heavy atom. The molecule has 86 valence electrons. The van der Waals surface area contributed by atoms with Gasteiger partial charge in [0.2, 0.25) is 0 Å². The van der Waals surface area contributed by atoms with Crippen LogP contribution < -0.4 is 0 Å². The van der Waals surface area contributed by atoms with E-state index in [1.54, 1.807) is 0 Å². The molecule has 0 saturated carbocycles. The Morgan fingerprint density at radius 3 is 2.00 bits per heavy atom. The summed E-state index contributed by atoms with van der Waals surface area (Å²) in [5.74, 6) is 0. The van der Waals surface area contributed by atoms with E-state index in [-0.39, 0.29) is 6.04 Å². The summed E-state index contributed by atoms with van der Waals surface area (Å²) in [4.78, 5) is 4.73. The lowest BCUT2D eigenvalue weighted by molar-refractivity contribution is 0.819. The molecule has 0 aliphatic heterocycles. The van der Waals surface area contributed by atoms with Gasteiger partial charge in [0, 0.05) is 5.71 Å². The molecule has 0 bridgehead atoms. The number of hydrogen-bond acceptors (Lipinski definition) is 1. The molecular weight excluding hydrogens is 206 g/mol. The zero-order valence-electron chi connectivity index (χ0n) is 10.3. The molecule has 0 radical (unpaired) electrons. The summed E-state index contributed by atoms with van der Waals surface area (Å²) in [6.45, 7) is 4.19. The maximum Gasteiger partial charge on any atom is 0.0724 e. The van der Waals surface area contributed by atoms with E-state index in [0.29, 0.717) is 0 Å². The Balaban J connectivity index is 2.20. The lowest BCUT2D eigenvalue weighted by Crippen LogP contribution is -1.98. The van der Waals surface area contributed by atoms with Crippen LogP contribution in [0.5, 0.6) is 0 Å². The van der Waals surface area contributed by atoms with Gasteiger partial charge in [0.15, 0.2) is 0 Å². The number of nitrogens with zero attached hydrogens (tertiary/aromatic N) is 1. The third-order valence-electron chi connectivity index (χ3n) is 2.86. The lowest BCUT2D eigenvalue weighted by Gasteiger charge is -2.09. The first-order chi connectivity index (χ1) is 8.27. The standard InChI is InChI=1S/C16H17N/c1-13(15-9-5-3-6-10-15)17-14(2)16-11-7-4-8-12-16/h3-13H,1-2H3/b17-14+/t13-/m1/s1. The van der Waals surface area contributed by atoms with Crippen LogP contribution in [0.3, 0.4) is 0 Å². The Labute approximate surface area is 103 Å². The molecule has 0 N–H and O–H groups in total. The minimum absolute atomic E-state index is 0.205. The van der Waals surface area contributed by atoms with E-state index >= 15 is 0 Å². The summed E-state index contributed by atoms with van der Waals surface area (Å²) in [7, 11) is 0. The van der Waals surface area contributed by atoms with Crippen LogP contribution >= 0.6 is 0 Å². The fourth-order valence-corrected chi connectivity index (χ4v) is 1.85. The predicted molar refractivity (Wildman–Crippen MR) is 73.5 cm³/mol. The van der Waals surface area contributed by atoms with Crippen molar-refractivity contribution in [2.24, 2.45) is 4.99 Å². The molecule has 2 aromatic carbocycles. The van der Waals surface area contributed by atoms with Crippen molar-refractivity contribution >= 4 is 5.71 Å². The van der Waals surface area contributed by atoms with Crippen LogP contribution in [-0.4, -0.2) is 5.71 Å². The topological polar surface area (TPSA) is 12.4 Å². The Morgan fingerprint density at radius 1 is 0.882 bits per heavy atom. The summed E-state index contributed by atoms with van der Waals surface area (Å²) in [5.41, 5.74) is 3.53. The van der Waals surface area contributed by atoms with Crippen molar-refractivity contribution in [1.29, 1.82) is 0 Å². The highest BCUT2D eigenvalue weighted by Gasteiger charge is 2.03. The second-order valence-corrected chi connectivity index (χ2v) is 4.17. The third-order valence-corrected chi connectivity index (χ3v) is 2.86. The Bertz CT molecular complexity index is 485. The van der Waals surface area contributed by atoms with Crippen molar-refractivity contribution in [3.63, 3.8) is 0 Å². The van der Waals surface area contributed by atoms with Gasteiger partial charge in [-0.05, 0) is 25.0 Å². The average Bonchev–Trinajstić information content (AvgIpc) is 2.40. The molecule has 0 aromatic heterocycles. The van der Waals surface area contributed by atoms with Gasteiger partial charge < -0.3 is 0 Å². The molecule has 17 heavy (non-hydrogen) atoms. The van der Waals surface area contributed by atoms with Crippen molar-refractivity contribution < 1.29 is 0 Å². The first kappa shape index (κ1) is 11.6. The summed E-state index contributed by atoms with van der Waals surface area (Å²) in [5, 5.41) is 0. The van der Waals surface area contributed by atoms with E-state index in [1.165, 1.54) is 11.1 Å². The van der Waals surface area contributed by atoms with Crippen LogP contribution in [0.25, 0.3) is 0 Å². The quantitative estimate of drug-likeness (QED) is 0.689. The summed E-state index contributed by atoms with van der Waals surface area (Å²) < 4.78 is 0. The number of benzene rings is 2. The molecule has 0 fully saturated rings. The number of rotatable bonds is 3. The van der Waals surface area contributed by atoms with E-state index in [2.05, 4.69) is 50.2 Å². The molecule has 0 saturated heterocycles. The first-order valence-corrected chi connectivity index (χ1v) is 5.92. The first-order valence-electron chi connectivity index (χ1n) is 5.92. The van der Waals surface area contributed by atoms with Crippen LogP contribution in [0.4, 0.5) is 0 Å². The van der Waals surface area contributed by atoms with Crippen LogP contribution in [0.1, 0.15) is 31.0 Å². The van der Waals surface area contributed by atoms with Crippen molar-refractivity contribution in [3.05, 3.63) is 71.8 Å². The largest absolute Gasteiger partial charge is 0.282 e. The Hall–Kier alpha value is -1.89. The highest BCUT2D eigenvalue weighted by atomic mass is 14.8. The fourth-order valence-electron chi connectivity index (χ4n) is 1.85. The van der Waals surface area contributed by atoms with Crippen LogP contribution in [0.2, 0.25) is 0 Å². The normalized spacial score (nSPS) is 13.4. The molecule has 0 aliphatic rings. The van der Waals surface area contributed by atoms with Crippen molar-refractivity contribution in [3.8, 4) is 0 Å². The second kappa shape index (κ2) is 5.44. The SMILES string of the molecule is C/C(=N\[C@H](C)c1ccccc1)c1ccccc1. The minimum Gasteiger partial charge on any atom is -0.282 e. The molecule has 0 heterocycles. The zero-order valence-corrected chi connectivity index (χ0v) is 10.3. The molecule has 0 spiro atoms. The van der Waals surface area contributed by atoms with E-state index in [0.717, 1.165) is 5.71 Å². The van der Waals surface area contributed by atoms with Crippen molar-refractivity contribution in [2.75, 3.05) is 0 Å². The van der Waals surface area contributed by atoms with Gasteiger partial charge in [-0.25, -0.2) is 0 Å². The van der Waals surface area contributed by atoms with Crippen LogP contribution in [0.15, 0.2) is 65.7 Å². The van der Waals surface area contributed by atoms with E-state index in [4.69, 9.17) is 4.99 Å². The zero-order chi connectivity index (χ0) is 12.1. The Kier molecular flexibility index (Phi) is 3.71. The lowest BCUT2D eigenvalue weighted by atomic mass is 10.1. The molecule has 0 amide bonds. The molecule has 0 aliphatic carbocycles. The molecular formula is C16H17N. The second-order valence-electron chi connectivity index (χ2n) is 4.17.